The Morgan fingerprint density at radius 3 is 0.357 bits per heavy atom. The lowest BCUT2D eigenvalue weighted by Crippen LogP contribution is -2.27. The van der Waals surface area contributed by atoms with Gasteiger partial charge < -0.3 is 8.97 Å². The van der Waals surface area contributed by atoms with Crippen molar-refractivity contribution in [3.8, 4) is 0 Å². The fourth-order valence-electron chi connectivity index (χ4n) is 0. The molecule has 0 aliphatic carbocycles. The molecule has 0 fully saturated rings. The maximum Gasteiger partial charge on any atom is 0.0675 e. The van der Waals surface area contributed by atoms with Crippen LogP contribution in [-0.4, -0.2) is 65.3 Å². The van der Waals surface area contributed by atoms with Crippen molar-refractivity contribution in [1.82, 2.24) is 0 Å². The van der Waals surface area contributed by atoms with E-state index in [2.05, 4.69) is 56.4 Å². The topological polar surface area (TPSA) is 0 Å². The van der Waals surface area contributed by atoms with E-state index in [-0.39, 0.29) is 67.9 Å². The Bertz CT molecular complexity index is 62.3. The van der Waals surface area contributed by atoms with Crippen LogP contribution in [0.1, 0.15) is 0 Å². The van der Waals surface area contributed by atoms with Crippen molar-refractivity contribution in [2.75, 3.05) is 56.4 Å². The van der Waals surface area contributed by atoms with Gasteiger partial charge in [-0.3, -0.25) is 0 Å². The van der Waals surface area contributed by atoms with E-state index in [9.17, 15) is 0 Å². The lowest BCUT2D eigenvalue weighted by Gasteiger charge is -2.14. The molecule has 0 rings (SSSR count). The Labute approximate surface area is 132 Å². The first-order chi connectivity index (χ1) is 4.00. The summed E-state index contributed by atoms with van der Waals surface area (Å²) in [5.41, 5.74) is 0. The second-order valence-corrected chi connectivity index (χ2v) is 5.37. The van der Waals surface area contributed by atoms with E-state index in [0.717, 1.165) is 8.97 Å². The average molecular weight is 472 g/mol. The van der Waals surface area contributed by atoms with Crippen molar-refractivity contribution in [3.63, 3.8) is 0 Å². The van der Waals surface area contributed by atoms with Crippen molar-refractivity contribution in [1.29, 1.82) is 0 Å². The number of hydrogen-bond acceptors (Lipinski definition) is 0. The summed E-state index contributed by atoms with van der Waals surface area (Å²) in [4.78, 5) is 0. The fourth-order valence-corrected chi connectivity index (χ4v) is 0. The standard InChI is InChI=1S/2C4H12N.4BrH/c2*1-5(2,3)4;;;;/h2*1-4H3;4*1H/q2*+1;;;;. The van der Waals surface area contributed by atoms with Gasteiger partial charge in [0, 0.05) is 0 Å². The van der Waals surface area contributed by atoms with Crippen molar-refractivity contribution in [2.45, 2.75) is 0 Å². The molecule has 0 aromatic rings. The Kier molecular flexibility index (Phi) is 38.2. The first kappa shape index (κ1) is 36.0. The number of halogens is 4. The molecule has 2 nitrogen and oxygen atoms in total. The van der Waals surface area contributed by atoms with E-state index >= 15 is 0 Å². The number of rotatable bonds is 0. The van der Waals surface area contributed by atoms with Gasteiger partial charge in [-0.15, -0.1) is 67.9 Å². The first-order valence-electron chi connectivity index (χ1n) is 3.58. The summed E-state index contributed by atoms with van der Waals surface area (Å²) in [6.45, 7) is 0. The maximum atomic E-state index is 2.12. The summed E-state index contributed by atoms with van der Waals surface area (Å²) in [5.74, 6) is 0. The zero-order valence-electron chi connectivity index (χ0n) is 10.5. The minimum Gasteiger partial charge on any atom is -0.333 e. The molecule has 0 atom stereocenters. The molecule has 0 saturated carbocycles. The van der Waals surface area contributed by atoms with Crippen LogP contribution in [0.5, 0.6) is 0 Å². The summed E-state index contributed by atoms with van der Waals surface area (Å²) in [6.07, 6.45) is 0. The average Bonchev–Trinajstić information content (AvgIpc) is 1.12. The minimum absolute atomic E-state index is 0. The molecule has 0 heterocycles. The van der Waals surface area contributed by atoms with Crippen LogP contribution in [0.4, 0.5) is 0 Å². The summed E-state index contributed by atoms with van der Waals surface area (Å²) >= 11 is 0. The quantitative estimate of drug-likeness (QED) is 0.477. The second-order valence-electron chi connectivity index (χ2n) is 5.37. The van der Waals surface area contributed by atoms with E-state index < -0.39 is 0 Å². The van der Waals surface area contributed by atoms with Gasteiger partial charge in [-0.1, -0.05) is 0 Å². The van der Waals surface area contributed by atoms with E-state index in [1.807, 2.05) is 0 Å². The molecule has 0 aromatic carbocycles. The molecule has 0 aliphatic heterocycles. The van der Waals surface area contributed by atoms with Gasteiger partial charge in [0.25, 0.3) is 0 Å². The first-order valence-corrected chi connectivity index (χ1v) is 3.58. The third-order valence-corrected chi connectivity index (χ3v) is 0. The molecule has 0 aliphatic rings. The molecule has 0 aromatic heterocycles. The minimum atomic E-state index is 0. The zero-order chi connectivity index (χ0) is 9.00. The predicted molar refractivity (Wildman–Crippen MR) is 89.2 cm³/mol. The molecule has 0 unspecified atom stereocenters. The highest BCUT2D eigenvalue weighted by Crippen LogP contribution is 1.74. The molecule has 0 bridgehead atoms. The van der Waals surface area contributed by atoms with Crippen molar-refractivity contribution >= 4 is 67.9 Å². The van der Waals surface area contributed by atoms with Crippen LogP contribution < -0.4 is 0 Å². The molecule has 14 heavy (non-hydrogen) atoms. The molecule has 0 radical (unpaired) electrons. The van der Waals surface area contributed by atoms with Gasteiger partial charge in [0.05, 0.1) is 56.4 Å². The van der Waals surface area contributed by atoms with Crippen LogP contribution in [0.3, 0.4) is 0 Å². The van der Waals surface area contributed by atoms with E-state index in [1.54, 1.807) is 0 Å². The molecular weight excluding hydrogens is 444 g/mol. The lowest BCUT2D eigenvalue weighted by molar-refractivity contribution is -0.849. The Balaban J connectivity index is -0.0000000178. The third kappa shape index (κ3) is 674. The molecular formula is C8H28Br4N2+2. The number of quaternary nitrogens is 2. The van der Waals surface area contributed by atoms with Crippen LogP contribution in [-0.2, 0) is 0 Å². The Morgan fingerprint density at radius 2 is 0.357 bits per heavy atom. The number of nitrogens with zero attached hydrogens (tertiary/aromatic N) is 2. The van der Waals surface area contributed by atoms with Gasteiger partial charge in [0.15, 0.2) is 0 Å². The van der Waals surface area contributed by atoms with Crippen LogP contribution >= 0.6 is 67.9 Å². The van der Waals surface area contributed by atoms with Gasteiger partial charge in [-0.2, -0.15) is 0 Å². The molecule has 0 saturated heterocycles. The van der Waals surface area contributed by atoms with E-state index in [0.29, 0.717) is 0 Å². The van der Waals surface area contributed by atoms with Crippen LogP contribution in [0.2, 0.25) is 0 Å². The largest absolute Gasteiger partial charge is 0.333 e. The van der Waals surface area contributed by atoms with E-state index in [4.69, 9.17) is 0 Å². The van der Waals surface area contributed by atoms with Crippen molar-refractivity contribution in [3.05, 3.63) is 0 Å². The third-order valence-electron chi connectivity index (χ3n) is 0. The summed E-state index contributed by atoms with van der Waals surface area (Å²) in [7, 11) is 17.0. The summed E-state index contributed by atoms with van der Waals surface area (Å²) in [6, 6.07) is 0. The highest BCUT2D eigenvalue weighted by molar-refractivity contribution is 8.93. The predicted octanol–water partition coefficient (Wildman–Crippen LogP) is 2.96. The highest BCUT2D eigenvalue weighted by atomic mass is 79.9. The van der Waals surface area contributed by atoms with Gasteiger partial charge in [0.1, 0.15) is 0 Å². The SMILES string of the molecule is Br.Br.Br.Br.C[N+](C)(C)C.C[N+](C)(C)C. The second kappa shape index (κ2) is 14.8. The molecule has 96 valence electrons. The maximum absolute atomic E-state index is 2.12. The molecule has 0 spiro atoms. The molecule has 0 amide bonds. The van der Waals surface area contributed by atoms with Crippen LogP contribution in [0, 0.1) is 0 Å². The van der Waals surface area contributed by atoms with Gasteiger partial charge >= 0.3 is 0 Å². The van der Waals surface area contributed by atoms with Crippen molar-refractivity contribution in [2.24, 2.45) is 0 Å². The van der Waals surface area contributed by atoms with E-state index in [1.165, 1.54) is 0 Å². The van der Waals surface area contributed by atoms with Gasteiger partial charge in [0.2, 0.25) is 0 Å². The summed E-state index contributed by atoms with van der Waals surface area (Å²) < 4.78 is 2.00. The molecule has 0 N–H and O–H groups in total. The summed E-state index contributed by atoms with van der Waals surface area (Å²) in [5, 5.41) is 0. The highest BCUT2D eigenvalue weighted by Gasteiger charge is 1.88. The van der Waals surface area contributed by atoms with Gasteiger partial charge in [-0.05, 0) is 0 Å². The lowest BCUT2D eigenvalue weighted by atomic mass is 10.8. The molecule has 6 heteroatoms. The van der Waals surface area contributed by atoms with Crippen molar-refractivity contribution < 1.29 is 8.97 Å². The normalized spacial score (nSPS) is 8.57. The number of hydrogen-bond donors (Lipinski definition) is 0. The fraction of sp³-hybridized carbons (Fsp3) is 1.00. The monoisotopic (exact) mass is 468 g/mol. The zero-order valence-corrected chi connectivity index (χ0v) is 17.4. The van der Waals surface area contributed by atoms with Crippen LogP contribution in [0.25, 0.3) is 0 Å². The Morgan fingerprint density at radius 1 is 0.357 bits per heavy atom. The smallest absolute Gasteiger partial charge is 0.0675 e. The van der Waals surface area contributed by atoms with Gasteiger partial charge in [-0.25, -0.2) is 0 Å². The Hall–Kier alpha value is 1.84. The van der Waals surface area contributed by atoms with Crippen LogP contribution in [0.15, 0.2) is 0 Å².